The first-order valence-corrected chi connectivity index (χ1v) is 13.3. The third kappa shape index (κ3) is 6.47. The van der Waals surface area contributed by atoms with Crippen molar-refractivity contribution in [2.24, 2.45) is 5.73 Å². The van der Waals surface area contributed by atoms with E-state index in [-0.39, 0.29) is 5.56 Å². The van der Waals surface area contributed by atoms with Crippen LogP contribution in [0.3, 0.4) is 0 Å². The van der Waals surface area contributed by atoms with Gasteiger partial charge in [-0.1, -0.05) is 60.7 Å². The number of urea groups is 1. The maximum Gasteiger partial charge on any atom is 0.329 e. The largest absolute Gasteiger partial charge is 0.458 e. The minimum absolute atomic E-state index is 0.191. The predicted molar refractivity (Wildman–Crippen MR) is 136 cm³/mol. The minimum Gasteiger partial charge on any atom is -0.458 e. The number of nitrogens with zero attached hydrogens (tertiary/aromatic N) is 1. The Morgan fingerprint density at radius 1 is 0.973 bits per heavy atom. The Kier molecular flexibility index (Phi) is 8.28. The summed E-state index contributed by atoms with van der Waals surface area (Å²) in [7, 11) is -4.62. The molecule has 11 heteroatoms. The molecule has 1 unspecified atom stereocenters. The van der Waals surface area contributed by atoms with Crippen molar-refractivity contribution < 1.29 is 31.7 Å². The van der Waals surface area contributed by atoms with Crippen LogP contribution < -0.4 is 11.1 Å². The number of nitrogens with two attached hydrogens (primary N) is 1. The van der Waals surface area contributed by atoms with Gasteiger partial charge in [0.25, 0.3) is 16.0 Å². The van der Waals surface area contributed by atoms with Crippen molar-refractivity contribution in [2.45, 2.75) is 63.1 Å². The molecule has 3 rings (SSSR count). The number of rotatable bonds is 8. The second-order valence-corrected chi connectivity index (χ2v) is 11.9. The van der Waals surface area contributed by atoms with E-state index in [0.717, 1.165) is 5.56 Å². The molecular formula is C26H33N3O7S. The van der Waals surface area contributed by atoms with Crippen molar-refractivity contribution in [2.75, 3.05) is 6.61 Å². The molecule has 1 aliphatic heterocycles. The molecule has 0 spiro atoms. The molecule has 1 saturated heterocycles. The highest BCUT2D eigenvalue weighted by atomic mass is 32.2. The summed E-state index contributed by atoms with van der Waals surface area (Å²) in [6.45, 7) is 5.53. The van der Waals surface area contributed by atoms with E-state index in [1.54, 1.807) is 39.0 Å². The number of esters is 1. The van der Waals surface area contributed by atoms with Crippen molar-refractivity contribution in [1.82, 2.24) is 10.2 Å². The highest BCUT2D eigenvalue weighted by Gasteiger charge is 2.46. The molecule has 3 amide bonds. The normalized spacial score (nSPS) is 19.6. The Hall–Kier alpha value is -3.44. The number of ether oxygens (including phenoxy) is 1. The first kappa shape index (κ1) is 28.1. The number of carbonyl (C=O) groups excluding carboxylic acids is 3. The third-order valence-corrected chi connectivity index (χ3v) is 7.83. The summed E-state index contributed by atoms with van der Waals surface area (Å²) in [6.07, 6.45) is 0.829. The van der Waals surface area contributed by atoms with Crippen LogP contribution in [0, 0.1) is 0 Å². The zero-order valence-electron chi connectivity index (χ0n) is 21.3. The Morgan fingerprint density at radius 2 is 1.54 bits per heavy atom. The molecule has 3 N–H and O–H groups in total. The summed E-state index contributed by atoms with van der Waals surface area (Å²) < 4.78 is 37.3. The topological polar surface area (TPSA) is 145 Å². The van der Waals surface area contributed by atoms with Gasteiger partial charge in [0, 0.05) is 0 Å². The summed E-state index contributed by atoms with van der Waals surface area (Å²) >= 11 is 0. The Balaban J connectivity index is 1.89. The zero-order valence-corrected chi connectivity index (χ0v) is 22.2. The number of benzene rings is 2. The standard InChI is InChI=1S/C26H33N3O7S/c1-25(2,3)36-23(31)21-16-15-20(18-11-7-5-8-12-18)29(21)22(30)17-35-37(33,34)26(4,28-24(27)32)19-13-9-6-10-14-19/h5-14,20-21H,15-17H2,1-4H3,(H3,27,28,32)/t20-,21+,26?/m1/s1. The molecule has 2 aromatic rings. The van der Waals surface area contributed by atoms with E-state index >= 15 is 0 Å². The lowest BCUT2D eigenvalue weighted by Gasteiger charge is -2.32. The van der Waals surface area contributed by atoms with Crippen molar-refractivity contribution in [3.63, 3.8) is 0 Å². The number of likely N-dealkylation sites (tertiary alicyclic amines) is 1. The van der Waals surface area contributed by atoms with Crippen LogP contribution in [0.15, 0.2) is 60.7 Å². The minimum atomic E-state index is -4.62. The third-order valence-electron chi connectivity index (χ3n) is 6.06. The van der Waals surface area contributed by atoms with Crippen LogP contribution in [0.1, 0.15) is 57.7 Å². The Bertz CT molecular complexity index is 1230. The monoisotopic (exact) mass is 531 g/mol. The molecule has 1 fully saturated rings. The van der Waals surface area contributed by atoms with Crippen molar-refractivity contribution in [3.8, 4) is 0 Å². The molecule has 1 heterocycles. The van der Waals surface area contributed by atoms with Gasteiger partial charge in [-0.3, -0.25) is 8.98 Å². The molecule has 1 aliphatic rings. The summed E-state index contributed by atoms with van der Waals surface area (Å²) in [5.74, 6) is -1.29. The van der Waals surface area contributed by atoms with Gasteiger partial charge < -0.3 is 20.7 Å². The maximum atomic E-state index is 13.5. The average Bonchev–Trinajstić information content (AvgIpc) is 3.28. The molecule has 37 heavy (non-hydrogen) atoms. The first-order valence-electron chi connectivity index (χ1n) is 11.9. The number of amides is 3. The van der Waals surface area contributed by atoms with Gasteiger partial charge in [-0.25, -0.2) is 9.59 Å². The lowest BCUT2D eigenvalue weighted by Crippen LogP contribution is -2.52. The second-order valence-electron chi connectivity index (χ2n) is 9.96. The maximum absolute atomic E-state index is 13.5. The van der Waals surface area contributed by atoms with E-state index in [2.05, 4.69) is 5.32 Å². The van der Waals surface area contributed by atoms with Gasteiger partial charge in [-0.15, -0.1) is 0 Å². The van der Waals surface area contributed by atoms with Crippen molar-refractivity contribution >= 4 is 28.0 Å². The number of nitrogens with one attached hydrogen (secondary N) is 1. The van der Waals surface area contributed by atoms with E-state index in [9.17, 15) is 22.8 Å². The van der Waals surface area contributed by atoms with E-state index in [4.69, 9.17) is 14.7 Å². The first-order chi connectivity index (χ1) is 17.2. The van der Waals surface area contributed by atoms with Crippen LogP contribution in [0.5, 0.6) is 0 Å². The lowest BCUT2D eigenvalue weighted by atomic mass is 10.0. The summed E-state index contributed by atoms with van der Waals surface area (Å²) in [5.41, 5.74) is 5.48. The van der Waals surface area contributed by atoms with Gasteiger partial charge in [0.05, 0.1) is 6.04 Å². The van der Waals surface area contributed by atoms with Gasteiger partial charge in [0.2, 0.25) is 0 Å². The molecule has 2 aromatic carbocycles. The number of hydrogen-bond donors (Lipinski definition) is 2. The lowest BCUT2D eigenvalue weighted by molar-refractivity contribution is -0.164. The predicted octanol–water partition coefficient (Wildman–Crippen LogP) is 2.95. The summed E-state index contributed by atoms with van der Waals surface area (Å²) in [5, 5.41) is 2.22. The van der Waals surface area contributed by atoms with Crippen molar-refractivity contribution in [1.29, 1.82) is 0 Å². The fourth-order valence-electron chi connectivity index (χ4n) is 4.35. The Labute approximate surface area is 217 Å². The number of hydrogen-bond acceptors (Lipinski definition) is 7. The van der Waals surface area contributed by atoms with Crippen LogP contribution in [0.25, 0.3) is 0 Å². The SMILES string of the molecule is CC(C)(C)OC(=O)[C@@H]1CC[C@H](c2ccccc2)N1C(=O)COS(=O)(=O)C(C)(NC(N)=O)c1ccccc1. The fourth-order valence-corrected chi connectivity index (χ4v) is 5.50. The Morgan fingerprint density at radius 3 is 2.08 bits per heavy atom. The van der Waals surface area contributed by atoms with Gasteiger partial charge in [-0.2, -0.15) is 8.42 Å². The van der Waals surface area contributed by atoms with Gasteiger partial charge >= 0.3 is 12.0 Å². The molecule has 0 aromatic heterocycles. The number of primary amides is 1. The fraction of sp³-hybridized carbons (Fsp3) is 0.423. The molecule has 3 atom stereocenters. The van der Waals surface area contributed by atoms with Crippen molar-refractivity contribution in [3.05, 3.63) is 71.8 Å². The molecule has 0 bridgehead atoms. The molecule has 0 radical (unpaired) electrons. The van der Waals surface area contributed by atoms with Crippen LogP contribution in [0.4, 0.5) is 4.79 Å². The highest BCUT2D eigenvalue weighted by molar-refractivity contribution is 7.87. The van der Waals surface area contributed by atoms with E-state index in [1.807, 2.05) is 30.3 Å². The van der Waals surface area contributed by atoms with E-state index in [0.29, 0.717) is 12.8 Å². The van der Waals surface area contributed by atoms with Gasteiger partial charge in [-0.05, 0) is 51.7 Å². The van der Waals surface area contributed by atoms with Crippen LogP contribution in [-0.4, -0.2) is 49.5 Å². The van der Waals surface area contributed by atoms with Gasteiger partial charge in [0.15, 0.2) is 4.87 Å². The summed E-state index contributed by atoms with van der Waals surface area (Å²) in [6, 6.07) is 14.5. The number of carbonyl (C=O) groups is 3. The molecular weight excluding hydrogens is 498 g/mol. The zero-order chi connectivity index (χ0) is 27.4. The quantitative estimate of drug-likeness (QED) is 0.393. The second kappa shape index (κ2) is 10.9. The smallest absolute Gasteiger partial charge is 0.329 e. The van der Waals surface area contributed by atoms with E-state index < -0.39 is 57.2 Å². The molecule has 0 saturated carbocycles. The van der Waals surface area contributed by atoms with E-state index in [1.165, 1.54) is 24.0 Å². The molecule has 10 nitrogen and oxygen atoms in total. The summed E-state index contributed by atoms with van der Waals surface area (Å²) in [4.78, 5) is 37.4. The molecule has 0 aliphatic carbocycles. The average molecular weight is 532 g/mol. The van der Waals surface area contributed by atoms with Gasteiger partial charge in [0.1, 0.15) is 18.2 Å². The van der Waals surface area contributed by atoms with Crippen LogP contribution in [0.2, 0.25) is 0 Å². The van der Waals surface area contributed by atoms with Crippen LogP contribution in [-0.2, 0) is 33.5 Å². The highest BCUT2D eigenvalue weighted by Crippen LogP contribution is 2.37. The van der Waals surface area contributed by atoms with Crippen LogP contribution >= 0.6 is 0 Å². The molecule has 200 valence electrons.